The normalized spacial score (nSPS) is 10.1. The highest BCUT2D eigenvalue weighted by Gasteiger charge is 2.16. The van der Waals surface area contributed by atoms with Crippen LogP contribution in [0, 0.1) is 12.7 Å². The predicted octanol–water partition coefficient (Wildman–Crippen LogP) is 2.64. The molecule has 0 unspecified atom stereocenters. The molecule has 126 valence electrons. The molecular weight excluding hydrogens is 317 g/mol. The number of phenols is 1. The smallest absolute Gasteiger partial charge is 0.342 e. The topological polar surface area (TPSA) is 84.9 Å². The first-order valence-electron chi connectivity index (χ1n) is 7.01. The number of hydrogen-bond donors (Lipinski definition) is 2. The third-order valence-electron chi connectivity index (χ3n) is 3.23. The molecule has 0 radical (unpaired) electrons. The summed E-state index contributed by atoms with van der Waals surface area (Å²) in [6.45, 7) is 1.13. The fraction of sp³-hybridized carbons (Fsp3) is 0.176. The van der Waals surface area contributed by atoms with E-state index in [-0.39, 0.29) is 11.3 Å². The summed E-state index contributed by atoms with van der Waals surface area (Å²) >= 11 is 0. The molecular formula is C17H16FNO5. The molecule has 6 nitrogen and oxygen atoms in total. The molecule has 0 bridgehead atoms. The average molecular weight is 333 g/mol. The molecule has 2 aromatic carbocycles. The van der Waals surface area contributed by atoms with Gasteiger partial charge in [0.05, 0.1) is 7.11 Å². The second-order valence-corrected chi connectivity index (χ2v) is 4.97. The van der Waals surface area contributed by atoms with Crippen LogP contribution in [0.5, 0.6) is 11.5 Å². The minimum Gasteiger partial charge on any atom is -0.507 e. The Morgan fingerprint density at radius 1 is 1.21 bits per heavy atom. The molecule has 0 heterocycles. The number of esters is 1. The van der Waals surface area contributed by atoms with Crippen molar-refractivity contribution in [3.05, 3.63) is 53.3 Å². The molecule has 0 atom stereocenters. The molecule has 0 fully saturated rings. The maximum Gasteiger partial charge on any atom is 0.342 e. The molecule has 0 aromatic heterocycles. The van der Waals surface area contributed by atoms with Crippen molar-refractivity contribution >= 4 is 17.6 Å². The van der Waals surface area contributed by atoms with Gasteiger partial charge in [-0.3, -0.25) is 4.79 Å². The summed E-state index contributed by atoms with van der Waals surface area (Å²) in [5.41, 5.74) is 0.839. The molecule has 0 spiro atoms. The Bertz CT molecular complexity index is 776. The quantitative estimate of drug-likeness (QED) is 0.822. The van der Waals surface area contributed by atoms with E-state index >= 15 is 0 Å². The molecule has 0 saturated heterocycles. The maximum atomic E-state index is 13.2. The van der Waals surface area contributed by atoms with Crippen molar-refractivity contribution in [3.8, 4) is 11.5 Å². The van der Waals surface area contributed by atoms with Crippen LogP contribution in [0.2, 0.25) is 0 Å². The molecule has 24 heavy (non-hydrogen) atoms. The lowest BCUT2D eigenvalue weighted by Crippen LogP contribution is -2.21. The van der Waals surface area contributed by atoms with Crippen molar-refractivity contribution in [1.82, 2.24) is 0 Å². The third kappa shape index (κ3) is 4.22. The zero-order valence-corrected chi connectivity index (χ0v) is 13.1. The lowest BCUT2D eigenvalue weighted by atomic mass is 10.2. The number of ether oxygens (including phenoxy) is 2. The van der Waals surface area contributed by atoms with Crippen molar-refractivity contribution < 1.29 is 28.6 Å². The molecule has 2 N–H and O–H groups in total. The minimum atomic E-state index is -0.877. The summed E-state index contributed by atoms with van der Waals surface area (Å²) in [7, 11) is 1.41. The maximum absolute atomic E-state index is 13.2. The van der Waals surface area contributed by atoms with Crippen LogP contribution in [0.3, 0.4) is 0 Å². The lowest BCUT2D eigenvalue weighted by molar-refractivity contribution is -0.119. The molecule has 0 aliphatic rings. The Labute approximate surface area is 137 Å². The van der Waals surface area contributed by atoms with E-state index in [1.54, 1.807) is 6.92 Å². The molecule has 0 aliphatic heterocycles. The number of aromatic hydroxyl groups is 1. The van der Waals surface area contributed by atoms with Gasteiger partial charge in [0.1, 0.15) is 22.9 Å². The second kappa shape index (κ2) is 7.45. The largest absolute Gasteiger partial charge is 0.507 e. The lowest BCUT2D eigenvalue weighted by Gasteiger charge is -2.10. The van der Waals surface area contributed by atoms with Crippen LogP contribution < -0.4 is 10.1 Å². The van der Waals surface area contributed by atoms with E-state index < -0.39 is 24.3 Å². The van der Waals surface area contributed by atoms with Gasteiger partial charge in [-0.1, -0.05) is 6.07 Å². The third-order valence-corrected chi connectivity index (χ3v) is 3.23. The van der Waals surface area contributed by atoms with Gasteiger partial charge in [-0.05, 0) is 42.8 Å². The number of anilines is 1. The SMILES string of the molecule is COc1ccc(O)c(C(=O)OCC(=O)Nc2cc(F)ccc2C)c1. The van der Waals surface area contributed by atoms with Gasteiger partial charge < -0.3 is 19.9 Å². The van der Waals surface area contributed by atoms with Gasteiger partial charge in [0.2, 0.25) is 0 Å². The molecule has 0 saturated carbocycles. The number of benzene rings is 2. The number of hydrogen-bond acceptors (Lipinski definition) is 5. The first-order chi connectivity index (χ1) is 11.4. The van der Waals surface area contributed by atoms with Gasteiger partial charge in [0.15, 0.2) is 6.61 Å². The van der Waals surface area contributed by atoms with Gasteiger partial charge in [-0.2, -0.15) is 0 Å². The Hall–Kier alpha value is -3.09. The zero-order chi connectivity index (χ0) is 17.7. The number of halogens is 1. The Balaban J connectivity index is 1.99. The van der Waals surface area contributed by atoms with Gasteiger partial charge in [0, 0.05) is 5.69 Å². The van der Waals surface area contributed by atoms with Crippen LogP contribution >= 0.6 is 0 Å². The Morgan fingerprint density at radius 3 is 2.67 bits per heavy atom. The molecule has 2 rings (SSSR count). The van der Waals surface area contributed by atoms with Crippen LogP contribution in [-0.2, 0) is 9.53 Å². The van der Waals surface area contributed by atoms with Crippen LogP contribution in [0.25, 0.3) is 0 Å². The van der Waals surface area contributed by atoms with E-state index in [4.69, 9.17) is 9.47 Å². The summed E-state index contributed by atoms with van der Waals surface area (Å²) in [5, 5.41) is 12.1. The van der Waals surface area contributed by atoms with Crippen molar-refractivity contribution in [2.45, 2.75) is 6.92 Å². The van der Waals surface area contributed by atoms with E-state index in [2.05, 4.69) is 5.32 Å². The van der Waals surface area contributed by atoms with Crippen LogP contribution in [0.15, 0.2) is 36.4 Å². The van der Waals surface area contributed by atoms with Gasteiger partial charge in [-0.25, -0.2) is 9.18 Å². The van der Waals surface area contributed by atoms with E-state index in [0.29, 0.717) is 17.0 Å². The summed E-state index contributed by atoms with van der Waals surface area (Å²) in [6.07, 6.45) is 0. The predicted molar refractivity (Wildman–Crippen MR) is 84.7 cm³/mol. The number of carbonyl (C=O) groups is 2. The Morgan fingerprint density at radius 2 is 1.96 bits per heavy atom. The highest BCUT2D eigenvalue weighted by atomic mass is 19.1. The van der Waals surface area contributed by atoms with E-state index in [1.807, 2.05) is 0 Å². The summed E-state index contributed by atoms with van der Waals surface area (Å²) in [4.78, 5) is 23.8. The monoisotopic (exact) mass is 333 g/mol. The van der Waals surface area contributed by atoms with Crippen molar-refractivity contribution in [2.75, 3.05) is 19.0 Å². The molecule has 0 aliphatic carbocycles. The zero-order valence-electron chi connectivity index (χ0n) is 13.1. The van der Waals surface area contributed by atoms with E-state index in [1.165, 1.54) is 43.5 Å². The number of methoxy groups -OCH3 is 1. The molecule has 2 aromatic rings. The molecule has 7 heteroatoms. The number of phenolic OH excluding ortho intramolecular Hbond substituents is 1. The summed E-state index contributed by atoms with van der Waals surface area (Å²) in [6, 6.07) is 8.02. The van der Waals surface area contributed by atoms with E-state index in [9.17, 15) is 19.1 Å². The average Bonchev–Trinajstić information content (AvgIpc) is 2.56. The second-order valence-electron chi connectivity index (χ2n) is 4.97. The van der Waals surface area contributed by atoms with Crippen LogP contribution in [0.1, 0.15) is 15.9 Å². The highest BCUT2D eigenvalue weighted by Crippen LogP contribution is 2.23. The van der Waals surface area contributed by atoms with Crippen molar-refractivity contribution in [3.63, 3.8) is 0 Å². The van der Waals surface area contributed by atoms with Crippen LogP contribution in [0.4, 0.5) is 10.1 Å². The first kappa shape index (κ1) is 17.3. The Kier molecular flexibility index (Phi) is 5.36. The summed E-state index contributed by atoms with van der Waals surface area (Å²) < 4.78 is 23.0. The highest BCUT2D eigenvalue weighted by molar-refractivity contribution is 5.97. The number of aryl methyl sites for hydroxylation is 1. The van der Waals surface area contributed by atoms with Gasteiger partial charge >= 0.3 is 5.97 Å². The standard InChI is InChI=1S/C17H16FNO5/c1-10-3-4-11(18)7-14(10)19-16(21)9-24-17(22)13-8-12(23-2)5-6-15(13)20/h3-8,20H,9H2,1-2H3,(H,19,21). The van der Waals surface area contributed by atoms with Crippen LogP contribution in [-0.4, -0.2) is 30.7 Å². The fourth-order valence-electron chi connectivity index (χ4n) is 1.93. The number of amides is 1. The minimum absolute atomic E-state index is 0.121. The first-order valence-corrected chi connectivity index (χ1v) is 7.01. The number of carbonyl (C=O) groups excluding carboxylic acids is 2. The molecule has 1 amide bonds. The number of nitrogens with one attached hydrogen (secondary N) is 1. The summed E-state index contributed by atoms with van der Waals surface area (Å²) in [5.74, 6) is -1.92. The number of rotatable bonds is 5. The van der Waals surface area contributed by atoms with Crippen molar-refractivity contribution in [2.24, 2.45) is 0 Å². The fourth-order valence-corrected chi connectivity index (χ4v) is 1.93. The van der Waals surface area contributed by atoms with Gasteiger partial charge in [0.25, 0.3) is 5.91 Å². The van der Waals surface area contributed by atoms with E-state index in [0.717, 1.165) is 0 Å². The van der Waals surface area contributed by atoms with Crippen molar-refractivity contribution in [1.29, 1.82) is 0 Å². The van der Waals surface area contributed by atoms with Gasteiger partial charge in [-0.15, -0.1) is 0 Å².